The highest BCUT2D eigenvalue weighted by Gasteiger charge is 2.57. The predicted molar refractivity (Wildman–Crippen MR) is 84.9 cm³/mol. The fourth-order valence-corrected chi connectivity index (χ4v) is 5.82. The average Bonchev–Trinajstić information content (AvgIpc) is 2.81. The summed E-state index contributed by atoms with van der Waals surface area (Å²) in [5.74, 6) is 1.97. The van der Waals surface area contributed by atoms with E-state index in [1.54, 1.807) is 7.11 Å². The Hall–Kier alpha value is -1.06. The van der Waals surface area contributed by atoms with Gasteiger partial charge in [0.25, 0.3) is 0 Å². The number of aliphatic hydroxyl groups is 1. The number of rotatable bonds is 1. The van der Waals surface area contributed by atoms with Crippen LogP contribution in [0, 0.1) is 17.3 Å². The first-order valence-corrected chi connectivity index (χ1v) is 8.57. The van der Waals surface area contributed by atoms with Crippen LogP contribution >= 0.6 is 0 Å². The largest absolute Gasteiger partial charge is 0.508 e. The third kappa shape index (κ3) is 1.88. The van der Waals surface area contributed by atoms with E-state index in [1.165, 1.54) is 11.1 Å². The number of aromatic hydroxyl groups is 1. The summed E-state index contributed by atoms with van der Waals surface area (Å²) >= 11 is 0. The Labute approximate surface area is 132 Å². The van der Waals surface area contributed by atoms with Crippen LogP contribution in [-0.4, -0.2) is 29.5 Å². The number of aryl methyl sites for hydroxylation is 1. The van der Waals surface area contributed by atoms with Crippen molar-refractivity contribution in [3.8, 4) is 5.75 Å². The third-order valence-corrected chi connectivity index (χ3v) is 6.91. The SMILES string of the molecule is COC1C[C@]2(C)[C@H](O)CC[C@H]2[C@@H]2CCc3cc(O)ccc3[C@@H]12. The van der Waals surface area contributed by atoms with Gasteiger partial charge in [0, 0.05) is 13.0 Å². The van der Waals surface area contributed by atoms with E-state index in [9.17, 15) is 10.2 Å². The van der Waals surface area contributed by atoms with E-state index in [-0.39, 0.29) is 17.6 Å². The first-order chi connectivity index (χ1) is 10.5. The zero-order valence-electron chi connectivity index (χ0n) is 13.5. The van der Waals surface area contributed by atoms with Gasteiger partial charge in [0.2, 0.25) is 0 Å². The Morgan fingerprint density at radius 2 is 2.05 bits per heavy atom. The van der Waals surface area contributed by atoms with Crippen molar-refractivity contribution < 1.29 is 14.9 Å². The zero-order valence-corrected chi connectivity index (χ0v) is 13.5. The molecule has 3 nitrogen and oxygen atoms in total. The van der Waals surface area contributed by atoms with Crippen LogP contribution in [-0.2, 0) is 11.2 Å². The number of phenolic OH excluding ortho intramolecular Hbond substituents is 1. The lowest BCUT2D eigenvalue weighted by Crippen LogP contribution is -2.50. The molecule has 120 valence electrons. The number of benzene rings is 1. The number of hydrogen-bond acceptors (Lipinski definition) is 3. The molecular formula is C19H26O3. The topological polar surface area (TPSA) is 49.7 Å². The van der Waals surface area contributed by atoms with Gasteiger partial charge in [-0.05, 0) is 72.6 Å². The summed E-state index contributed by atoms with van der Waals surface area (Å²) < 4.78 is 5.90. The molecule has 0 aromatic heterocycles. The molecule has 0 radical (unpaired) electrons. The summed E-state index contributed by atoms with van der Waals surface area (Å²) in [5.41, 5.74) is 2.66. The fourth-order valence-electron chi connectivity index (χ4n) is 5.82. The van der Waals surface area contributed by atoms with Gasteiger partial charge in [0.15, 0.2) is 0 Å². The summed E-state index contributed by atoms with van der Waals surface area (Å²) in [4.78, 5) is 0. The number of methoxy groups -OCH3 is 1. The molecule has 2 N–H and O–H groups in total. The van der Waals surface area contributed by atoms with Gasteiger partial charge in [0.1, 0.15) is 5.75 Å². The Morgan fingerprint density at radius 1 is 1.23 bits per heavy atom. The maximum atomic E-state index is 10.5. The highest BCUT2D eigenvalue weighted by atomic mass is 16.5. The molecule has 3 heteroatoms. The van der Waals surface area contributed by atoms with Crippen LogP contribution in [0.3, 0.4) is 0 Å². The first-order valence-electron chi connectivity index (χ1n) is 8.57. The lowest BCUT2D eigenvalue weighted by molar-refractivity contribution is -0.0929. The third-order valence-electron chi connectivity index (χ3n) is 6.91. The van der Waals surface area contributed by atoms with Crippen molar-refractivity contribution in [3.05, 3.63) is 29.3 Å². The van der Waals surface area contributed by atoms with Crippen molar-refractivity contribution in [2.24, 2.45) is 17.3 Å². The Balaban J connectivity index is 1.78. The van der Waals surface area contributed by atoms with Crippen molar-refractivity contribution in [3.63, 3.8) is 0 Å². The van der Waals surface area contributed by atoms with Gasteiger partial charge in [0.05, 0.1) is 12.2 Å². The maximum Gasteiger partial charge on any atom is 0.115 e. The second-order valence-corrected chi connectivity index (χ2v) is 7.80. The molecule has 0 bridgehead atoms. The molecule has 3 aliphatic carbocycles. The summed E-state index contributed by atoms with van der Waals surface area (Å²) in [5, 5.41) is 20.3. The van der Waals surface area contributed by atoms with Crippen molar-refractivity contribution in [2.45, 2.75) is 57.2 Å². The first kappa shape index (κ1) is 14.5. The lowest BCUT2D eigenvalue weighted by atomic mass is 9.54. The van der Waals surface area contributed by atoms with Crippen molar-refractivity contribution in [1.82, 2.24) is 0 Å². The molecule has 0 saturated heterocycles. The molecule has 0 spiro atoms. The van der Waals surface area contributed by atoms with E-state index in [1.807, 2.05) is 12.1 Å². The molecule has 1 aromatic rings. The van der Waals surface area contributed by atoms with Crippen molar-refractivity contribution in [2.75, 3.05) is 7.11 Å². The van der Waals surface area contributed by atoms with Crippen LogP contribution in [0.25, 0.3) is 0 Å². The fraction of sp³-hybridized carbons (Fsp3) is 0.684. The van der Waals surface area contributed by atoms with E-state index in [4.69, 9.17) is 4.74 Å². The molecule has 0 heterocycles. The normalized spacial score (nSPS) is 43.3. The van der Waals surface area contributed by atoms with Crippen LogP contribution in [0.5, 0.6) is 5.75 Å². The number of hydrogen-bond donors (Lipinski definition) is 2. The number of phenols is 1. The molecule has 1 aromatic carbocycles. The molecule has 3 aliphatic rings. The van der Waals surface area contributed by atoms with E-state index >= 15 is 0 Å². The molecule has 0 amide bonds. The Morgan fingerprint density at radius 3 is 2.82 bits per heavy atom. The van der Waals surface area contributed by atoms with Gasteiger partial charge in [-0.25, -0.2) is 0 Å². The summed E-state index contributed by atoms with van der Waals surface area (Å²) in [6.45, 7) is 2.27. The van der Waals surface area contributed by atoms with Crippen LogP contribution < -0.4 is 0 Å². The van der Waals surface area contributed by atoms with Gasteiger partial charge >= 0.3 is 0 Å². The van der Waals surface area contributed by atoms with E-state index in [0.29, 0.717) is 23.5 Å². The minimum Gasteiger partial charge on any atom is -0.508 e. The van der Waals surface area contributed by atoms with Crippen LogP contribution in [0.4, 0.5) is 0 Å². The van der Waals surface area contributed by atoms with Crippen LogP contribution in [0.15, 0.2) is 18.2 Å². The molecule has 4 rings (SSSR count). The molecule has 6 atom stereocenters. The second kappa shape index (κ2) is 4.97. The van der Waals surface area contributed by atoms with Crippen molar-refractivity contribution >= 4 is 0 Å². The molecule has 22 heavy (non-hydrogen) atoms. The average molecular weight is 302 g/mol. The number of ether oxygens (including phenoxy) is 1. The van der Waals surface area contributed by atoms with E-state index in [0.717, 1.165) is 32.1 Å². The monoisotopic (exact) mass is 302 g/mol. The van der Waals surface area contributed by atoms with Crippen molar-refractivity contribution in [1.29, 1.82) is 0 Å². The molecule has 2 saturated carbocycles. The van der Waals surface area contributed by atoms with Crippen LogP contribution in [0.1, 0.15) is 49.7 Å². The highest BCUT2D eigenvalue weighted by molar-refractivity contribution is 5.41. The van der Waals surface area contributed by atoms with E-state index in [2.05, 4.69) is 13.0 Å². The van der Waals surface area contributed by atoms with Gasteiger partial charge in [-0.1, -0.05) is 13.0 Å². The number of aliphatic hydroxyl groups excluding tert-OH is 1. The lowest BCUT2D eigenvalue weighted by Gasteiger charge is -2.53. The van der Waals surface area contributed by atoms with E-state index < -0.39 is 0 Å². The molecule has 1 unspecified atom stereocenters. The molecule has 2 fully saturated rings. The smallest absolute Gasteiger partial charge is 0.115 e. The summed E-state index contributed by atoms with van der Waals surface area (Å²) in [7, 11) is 1.81. The van der Waals surface area contributed by atoms with Gasteiger partial charge < -0.3 is 14.9 Å². The maximum absolute atomic E-state index is 10.5. The Kier molecular flexibility index (Phi) is 3.28. The van der Waals surface area contributed by atoms with Gasteiger partial charge in [-0.15, -0.1) is 0 Å². The number of fused-ring (bicyclic) bond motifs is 5. The van der Waals surface area contributed by atoms with Crippen LogP contribution in [0.2, 0.25) is 0 Å². The predicted octanol–water partition coefficient (Wildman–Crippen LogP) is 3.23. The Bertz CT molecular complexity index is 584. The zero-order chi connectivity index (χ0) is 15.5. The second-order valence-electron chi connectivity index (χ2n) is 7.80. The summed E-state index contributed by atoms with van der Waals surface area (Å²) in [6, 6.07) is 5.84. The molecule has 0 aliphatic heterocycles. The minimum atomic E-state index is -0.183. The summed E-state index contributed by atoms with van der Waals surface area (Å²) in [6.07, 6.45) is 5.18. The quantitative estimate of drug-likeness (QED) is 0.837. The molecular weight excluding hydrogens is 276 g/mol. The van der Waals surface area contributed by atoms with Gasteiger partial charge in [-0.2, -0.15) is 0 Å². The minimum absolute atomic E-state index is 0.0102. The highest BCUT2D eigenvalue weighted by Crippen LogP contribution is 2.61. The van der Waals surface area contributed by atoms with Gasteiger partial charge in [-0.3, -0.25) is 0 Å². The standard InChI is InChI=1S/C19H26O3/c1-19-10-16(22-2)18-13-6-4-12(20)9-11(13)3-5-14(18)15(19)7-8-17(19)21/h4,6,9,14-18,20-21H,3,5,7-8,10H2,1-2H3/t14-,15-,16?,17+,18+,19-/m0/s1.